The molecule has 1 aromatic carbocycles. The van der Waals surface area contributed by atoms with Gasteiger partial charge >= 0.3 is 0 Å². The lowest BCUT2D eigenvalue weighted by Crippen LogP contribution is -2.38. The number of rotatable bonds is 7. The average Bonchev–Trinajstić information content (AvgIpc) is 2.90. The van der Waals surface area contributed by atoms with Gasteiger partial charge in [0.15, 0.2) is 0 Å². The molecule has 26 heavy (non-hydrogen) atoms. The van der Waals surface area contributed by atoms with Crippen LogP contribution in [0.25, 0.3) is 0 Å². The van der Waals surface area contributed by atoms with Crippen molar-refractivity contribution in [2.24, 2.45) is 0 Å². The van der Waals surface area contributed by atoms with Crippen molar-refractivity contribution in [3.63, 3.8) is 0 Å². The van der Waals surface area contributed by atoms with Crippen LogP contribution in [0, 0.1) is 25.2 Å². The van der Waals surface area contributed by atoms with E-state index >= 15 is 0 Å². The molecule has 0 aliphatic rings. The van der Waals surface area contributed by atoms with Crippen molar-refractivity contribution < 1.29 is 16.8 Å². The van der Waals surface area contributed by atoms with Gasteiger partial charge in [-0.25, -0.2) is 21.6 Å². The number of hydrogen-bond donors (Lipinski definition) is 2. The summed E-state index contributed by atoms with van der Waals surface area (Å²) in [6, 6.07) is 8.03. The van der Waals surface area contributed by atoms with Crippen LogP contribution in [0.2, 0.25) is 0 Å². The molecule has 0 saturated heterocycles. The van der Waals surface area contributed by atoms with Crippen molar-refractivity contribution in [2.75, 3.05) is 23.7 Å². The molecule has 2 N–H and O–H groups in total. The van der Waals surface area contributed by atoms with Gasteiger partial charge in [0.2, 0.25) is 20.0 Å². The van der Waals surface area contributed by atoms with Gasteiger partial charge in [0.25, 0.3) is 0 Å². The number of H-pyrrole nitrogens is 1. The summed E-state index contributed by atoms with van der Waals surface area (Å²) in [7, 11) is -7.49. The van der Waals surface area contributed by atoms with Crippen molar-refractivity contribution in [1.29, 1.82) is 5.26 Å². The van der Waals surface area contributed by atoms with E-state index in [-0.39, 0.29) is 18.0 Å². The lowest BCUT2D eigenvalue weighted by Gasteiger charge is -2.22. The summed E-state index contributed by atoms with van der Waals surface area (Å²) in [5.74, 6) is 0. The first-order valence-corrected chi connectivity index (χ1v) is 10.9. The summed E-state index contributed by atoms with van der Waals surface area (Å²) in [5, 5.41) is 15.4. The van der Waals surface area contributed by atoms with Crippen LogP contribution in [0.4, 0.5) is 5.69 Å². The molecule has 0 aliphatic heterocycles. The van der Waals surface area contributed by atoms with Gasteiger partial charge in [0.1, 0.15) is 4.90 Å². The lowest BCUT2D eigenvalue weighted by molar-refractivity contribution is 0.577. The number of nitrogens with one attached hydrogen (secondary N) is 2. The second kappa shape index (κ2) is 7.45. The Bertz CT molecular complexity index is 1030. The first kappa shape index (κ1) is 19.9. The highest BCUT2D eigenvalue weighted by Crippen LogP contribution is 2.19. The maximum atomic E-state index is 12.4. The Balaban J connectivity index is 2.20. The van der Waals surface area contributed by atoms with Gasteiger partial charge < -0.3 is 0 Å². The third kappa shape index (κ3) is 4.40. The molecule has 2 rings (SSSR count). The Kier molecular flexibility index (Phi) is 5.70. The molecule has 1 heterocycles. The van der Waals surface area contributed by atoms with Gasteiger partial charge in [-0.2, -0.15) is 10.4 Å². The molecule has 0 unspecified atom stereocenters. The molecule has 0 amide bonds. The van der Waals surface area contributed by atoms with Gasteiger partial charge in [-0.05, 0) is 32.0 Å². The number of hydrogen-bond acceptors (Lipinski definition) is 6. The molecular formula is C15H19N5O4S2. The zero-order valence-electron chi connectivity index (χ0n) is 14.5. The highest BCUT2D eigenvalue weighted by Gasteiger charge is 2.23. The summed E-state index contributed by atoms with van der Waals surface area (Å²) in [4.78, 5) is 0.0508. The molecule has 11 heteroatoms. The van der Waals surface area contributed by atoms with Gasteiger partial charge in [0.05, 0.1) is 35.0 Å². The summed E-state index contributed by atoms with van der Waals surface area (Å²) < 4.78 is 52.4. The minimum atomic E-state index is -3.83. The van der Waals surface area contributed by atoms with Crippen molar-refractivity contribution >= 4 is 25.7 Å². The summed E-state index contributed by atoms with van der Waals surface area (Å²) in [6.45, 7) is 2.89. The van der Waals surface area contributed by atoms with E-state index in [0.717, 1.165) is 10.6 Å². The smallest absolute Gasteiger partial charge is 0.244 e. The number of aromatic amines is 1. The first-order valence-electron chi connectivity index (χ1n) is 7.55. The maximum Gasteiger partial charge on any atom is 0.244 e. The third-order valence-corrected chi connectivity index (χ3v) is 6.52. The van der Waals surface area contributed by atoms with Crippen LogP contribution in [0.15, 0.2) is 29.2 Å². The molecule has 0 fully saturated rings. The topological polar surface area (TPSA) is 136 Å². The van der Waals surface area contributed by atoms with Crippen molar-refractivity contribution in [3.8, 4) is 6.07 Å². The normalized spacial score (nSPS) is 11.9. The van der Waals surface area contributed by atoms with Crippen LogP contribution in [-0.2, 0) is 20.0 Å². The van der Waals surface area contributed by atoms with Crippen LogP contribution < -0.4 is 9.03 Å². The lowest BCUT2D eigenvalue weighted by atomic mass is 10.2. The Morgan fingerprint density at radius 1 is 1.27 bits per heavy atom. The van der Waals surface area contributed by atoms with Crippen LogP contribution >= 0.6 is 0 Å². The van der Waals surface area contributed by atoms with E-state index < -0.39 is 20.0 Å². The number of aromatic nitrogens is 2. The SMILES string of the molecule is Cc1n[nH]c(C)c1S(=O)(=O)NCCN(c1cccc(C#N)c1)S(C)(=O)=O. The van der Waals surface area contributed by atoms with Crippen LogP contribution in [0.3, 0.4) is 0 Å². The standard InChI is InChI=1S/C15H19N5O4S2/c1-11-15(12(2)19-18-11)26(23,24)17-7-8-20(25(3,21)22)14-6-4-5-13(9-14)10-16/h4-6,9,17H,7-8H2,1-3H3,(H,18,19). The summed E-state index contributed by atoms with van der Waals surface area (Å²) in [5.41, 5.74) is 1.33. The quantitative estimate of drug-likeness (QED) is 0.704. The van der Waals surface area contributed by atoms with E-state index in [2.05, 4.69) is 14.9 Å². The minimum Gasteiger partial charge on any atom is -0.281 e. The van der Waals surface area contributed by atoms with E-state index in [1.54, 1.807) is 32.0 Å². The number of nitriles is 1. The second-order valence-corrected chi connectivity index (χ2v) is 9.27. The predicted molar refractivity (Wildman–Crippen MR) is 96.6 cm³/mol. The van der Waals surface area contributed by atoms with Crippen molar-refractivity contribution in [2.45, 2.75) is 18.7 Å². The largest absolute Gasteiger partial charge is 0.281 e. The molecular weight excluding hydrogens is 378 g/mol. The van der Waals surface area contributed by atoms with Crippen LogP contribution in [0.5, 0.6) is 0 Å². The van der Waals surface area contributed by atoms with Crippen molar-refractivity contribution in [1.82, 2.24) is 14.9 Å². The van der Waals surface area contributed by atoms with Crippen molar-refractivity contribution in [3.05, 3.63) is 41.2 Å². The molecule has 0 radical (unpaired) electrons. The Morgan fingerprint density at radius 2 is 1.96 bits per heavy atom. The number of nitrogens with zero attached hydrogens (tertiary/aromatic N) is 3. The third-order valence-electron chi connectivity index (χ3n) is 3.60. The Labute approximate surface area is 152 Å². The van der Waals surface area contributed by atoms with E-state index in [4.69, 9.17) is 5.26 Å². The van der Waals surface area contributed by atoms with Crippen LogP contribution in [-0.4, -0.2) is 46.4 Å². The molecule has 140 valence electrons. The average molecular weight is 397 g/mol. The van der Waals surface area contributed by atoms with E-state index in [1.807, 2.05) is 6.07 Å². The number of aryl methyl sites for hydroxylation is 2. The predicted octanol–water partition coefficient (Wildman–Crippen LogP) is 0.643. The highest BCUT2D eigenvalue weighted by atomic mass is 32.2. The molecule has 0 aliphatic carbocycles. The highest BCUT2D eigenvalue weighted by molar-refractivity contribution is 7.92. The first-order chi connectivity index (χ1) is 12.1. The molecule has 0 saturated carbocycles. The number of sulfonamides is 2. The fourth-order valence-corrected chi connectivity index (χ4v) is 4.81. The van der Waals surface area contributed by atoms with Gasteiger partial charge in [0, 0.05) is 13.1 Å². The molecule has 0 bridgehead atoms. The van der Waals surface area contributed by atoms with Crippen LogP contribution in [0.1, 0.15) is 17.0 Å². The van der Waals surface area contributed by atoms with Gasteiger partial charge in [-0.15, -0.1) is 0 Å². The molecule has 9 nitrogen and oxygen atoms in total. The molecule has 0 atom stereocenters. The number of anilines is 1. The fourth-order valence-electron chi connectivity index (χ4n) is 2.51. The monoisotopic (exact) mass is 397 g/mol. The van der Waals surface area contributed by atoms with Gasteiger partial charge in [-0.3, -0.25) is 9.40 Å². The minimum absolute atomic E-state index is 0.0508. The van der Waals surface area contributed by atoms with E-state index in [0.29, 0.717) is 22.6 Å². The molecule has 2 aromatic rings. The Hall–Kier alpha value is -2.42. The van der Waals surface area contributed by atoms with E-state index in [9.17, 15) is 16.8 Å². The summed E-state index contributed by atoms with van der Waals surface area (Å²) >= 11 is 0. The van der Waals surface area contributed by atoms with E-state index in [1.165, 1.54) is 6.07 Å². The fraction of sp³-hybridized carbons (Fsp3) is 0.333. The zero-order chi connectivity index (χ0) is 19.5. The molecule has 0 spiro atoms. The molecule has 1 aromatic heterocycles. The summed E-state index contributed by atoms with van der Waals surface area (Å²) in [6.07, 6.45) is 1.02. The number of benzene rings is 1. The van der Waals surface area contributed by atoms with Gasteiger partial charge in [-0.1, -0.05) is 6.07 Å². The zero-order valence-corrected chi connectivity index (χ0v) is 16.1. The second-order valence-electron chi connectivity index (χ2n) is 5.66. The maximum absolute atomic E-state index is 12.4. The Morgan fingerprint density at radius 3 is 2.50 bits per heavy atom.